The van der Waals surface area contributed by atoms with Gasteiger partial charge in [0.25, 0.3) is 10.0 Å². The van der Waals surface area contributed by atoms with Gasteiger partial charge in [0, 0.05) is 6.20 Å². The van der Waals surface area contributed by atoms with Gasteiger partial charge in [-0.25, -0.2) is 18.2 Å². The molecule has 18 heavy (non-hydrogen) atoms. The molecule has 1 atom stereocenters. The van der Waals surface area contributed by atoms with E-state index in [4.69, 9.17) is 10.8 Å². The smallest absolute Gasteiger partial charge is 0.337 e. The lowest BCUT2D eigenvalue weighted by atomic mass is 10.3. The van der Waals surface area contributed by atoms with Crippen molar-refractivity contribution in [3.63, 3.8) is 0 Å². The summed E-state index contributed by atoms with van der Waals surface area (Å²) in [5, 5.41) is 8.24. The number of rotatable bonds is 5. The maximum absolute atomic E-state index is 11.7. The monoisotopic (exact) mass is 273 g/mol. The summed E-state index contributed by atoms with van der Waals surface area (Å²) in [6, 6.07) is 1.04. The minimum Gasteiger partial charge on any atom is -0.478 e. The summed E-state index contributed by atoms with van der Waals surface area (Å²) in [6.45, 7) is 1.28. The second kappa shape index (κ2) is 5.10. The second-order valence-electron chi connectivity index (χ2n) is 3.44. The van der Waals surface area contributed by atoms with Crippen molar-refractivity contribution in [3.05, 3.63) is 23.9 Å². The van der Waals surface area contributed by atoms with Crippen molar-refractivity contribution in [1.82, 2.24) is 9.71 Å². The number of nitrogens with zero attached hydrogens (tertiary/aromatic N) is 1. The number of hydrogen-bond acceptors (Lipinski definition) is 5. The van der Waals surface area contributed by atoms with Gasteiger partial charge in [0.05, 0.1) is 11.6 Å². The van der Waals surface area contributed by atoms with Crippen LogP contribution in [0, 0.1) is 0 Å². The Kier molecular flexibility index (Phi) is 3.99. The minimum atomic E-state index is -4.00. The third-order valence-corrected chi connectivity index (χ3v) is 3.47. The first-order chi connectivity index (χ1) is 8.24. The van der Waals surface area contributed by atoms with Crippen LogP contribution in [0.25, 0.3) is 0 Å². The van der Waals surface area contributed by atoms with E-state index in [0.29, 0.717) is 0 Å². The van der Waals surface area contributed by atoms with E-state index in [2.05, 4.69) is 4.98 Å². The number of carbonyl (C=O) groups is 2. The van der Waals surface area contributed by atoms with Gasteiger partial charge in [0.1, 0.15) is 0 Å². The van der Waals surface area contributed by atoms with E-state index < -0.39 is 27.9 Å². The largest absolute Gasteiger partial charge is 0.478 e. The summed E-state index contributed by atoms with van der Waals surface area (Å²) in [5.74, 6) is -2.05. The molecule has 98 valence electrons. The third-order valence-electron chi connectivity index (χ3n) is 2.02. The molecule has 0 saturated heterocycles. The van der Waals surface area contributed by atoms with Gasteiger partial charge in [-0.1, -0.05) is 0 Å². The normalized spacial score (nSPS) is 12.9. The Morgan fingerprint density at radius 2 is 2.06 bits per heavy atom. The van der Waals surface area contributed by atoms with Crippen LogP contribution in [0.1, 0.15) is 17.3 Å². The van der Waals surface area contributed by atoms with Gasteiger partial charge < -0.3 is 10.8 Å². The van der Waals surface area contributed by atoms with Crippen LogP contribution in [-0.4, -0.2) is 36.4 Å². The minimum absolute atomic E-state index is 0.142. The second-order valence-corrected chi connectivity index (χ2v) is 5.10. The van der Waals surface area contributed by atoms with Gasteiger partial charge in [-0.15, -0.1) is 0 Å². The van der Waals surface area contributed by atoms with Crippen molar-refractivity contribution in [2.24, 2.45) is 5.73 Å². The number of nitrogens with two attached hydrogens (primary N) is 1. The highest BCUT2D eigenvalue weighted by Crippen LogP contribution is 2.07. The molecule has 1 amide bonds. The molecule has 0 aromatic carbocycles. The summed E-state index contributed by atoms with van der Waals surface area (Å²) in [4.78, 5) is 24.8. The molecule has 0 bridgehead atoms. The number of carboxylic acids is 1. The van der Waals surface area contributed by atoms with E-state index in [1.165, 1.54) is 6.92 Å². The van der Waals surface area contributed by atoms with Gasteiger partial charge in [-0.3, -0.25) is 4.79 Å². The van der Waals surface area contributed by atoms with E-state index in [0.717, 1.165) is 18.3 Å². The van der Waals surface area contributed by atoms with Crippen molar-refractivity contribution in [2.45, 2.75) is 18.0 Å². The van der Waals surface area contributed by atoms with E-state index in [1.807, 2.05) is 4.72 Å². The highest BCUT2D eigenvalue weighted by Gasteiger charge is 2.21. The number of sulfonamides is 1. The molecule has 0 aliphatic carbocycles. The van der Waals surface area contributed by atoms with E-state index in [-0.39, 0.29) is 10.6 Å². The highest BCUT2D eigenvalue weighted by atomic mass is 32.2. The lowest BCUT2D eigenvalue weighted by Crippen LogP contribution is -2.42. The molecule has 0 spiro atoms. The molecule has 0 fully saturated rings. The van der Waals surface area contributed by atoms with Crippen LogP contribution in [0.3, 0.4) is 0 Å². The molecule has 9 heteroatoms. The SMILES string of the molecule is CC(NS(=O)(=O)c1ccc(C(=O)O)cn1)C(N)=O. The highest BCUT2D eigenvalue weighted by molar-refractivity contribution is 7.89. The number of carbonyl (C=O) groups excluding carboxylic acids is 1. The third kappa shape index (κ3) is 3.25. The fourth-order valence-corrected chi connectivity index (χ4v) is 2.16. The van der Waals surface area contributed by atoms with Gasteiger partial charge in [-0.2, -0.15) is 4.72 Å². The summed E-state index contributed by atoms with van der Waals surface area (Å²) in [7, 11) is -4.00. The Morgan fingerprint density at radius 1 is 1.44 bits per heavy atom. The Labute approximate surface area is 103 Å². The van der Waals surface area contributed by atoms with Gasteiger partial charge in [0.15, 0.2) is 5.03 Å². The van der Waals surface area contributed by atoms with Gasteiger partial charge in [0.2, 0.25) is 5.91 Å². The average molecular weight is 273 g/mol. The maximum Gasteiger partial charge on any atom is 0.337 e. The topological polar surface area (TPSA) is 139 Å². The molecule has 1 heterocycles. The number of aromatic nitrogens is 1. The first-order valence-electron chi connectivity index (χ1n) is 4.75. The summed E-state index contributed by atoms with van der Waals surface area (Å²) in [6.07, 6.45) is 0.909. The molecule has 0 aliphatic heterocycles. The van der Waals surface area contributed by atoms with Crippen LogP contribution in [0.15, 0.2) is 23.4 Å². The molecule has 1 rings (SSSR count). The summed E-state index contributed by atoms with van der Waals surface area (Å²) >= 11 is 0. The zero-order valence-corrected chi connectivity index (χ0v) is 10.1. The predicted octanol–water partition coefficient (Wildman–Crippen LogP) is -1.07. The van der Waals surface area contributed by atoms with Crippen LogP contribution < -0.4 is 10.5 Å². The Balaban J connectivity index is 2.99. The molecule has 0 aliphatic rings. The number of nitrogens with one attached hydrogen (secondary N) is 1. The molecule has 1 aromatic rings. The number of hydrogen-bond donors (Lipinski definition) is 3. The number of pyridine rings is 1. The predicted molar refractivity (Wildman–Crippen MR) is 60.2 cm³/mol. The molecule has 1 unspecified atom stereocenters. The van der Waals surface area contributed by atoms with Crippen molar-refractivity contribution < 1.29 is 23.1 Å². The van der Waals surface area contributed by atoms with E-state index in [9.17, 15) is 18.0 Å². The molecular formula is C9H11N3O5S. The van der Waals surface area contributed by atoms with Crippen LogP contribution >= 0.6 is 0 Å². The quantitative estimate of drug-likeness (QED) is 0.624. The zero-order valence-electron chi connectivity index (χ0n) is 9.32. The Morgan fingerprint density at radius 3 is 2.44 bits per heavy atom. The lowest BCUT2D eigenvalue weighted by molar-refractivity contribution is -0.119. The van der Waals surface area contributed by atoms with E-state index >= 15 is 0 Å². The molecule has 8 nitrogen and oxygen atoms in total. The number of aromatic carboxylic acids is 1. The number of carboxylic acid groups (broad SMARTS) is 1. The van der Waals surface area contributed by atoms with Crippen molar-refractivity contribution in [2.75, 3.05) is 0 Å². The van der Waals surface area contributed by atoms with Crippen LogP contribution in [0.2, 0.25) is 0 Å². The van der Waals surface area contributed by atoms with E-state index in [1.54, 1.807) is 0 Å². The molecule has 0 saturated carbocycles. The molecule has 4 N–H and O–H groups in total. The zero-order chi connectivity index (χ0) is 13.9. The standard InChI is InChI=1S/C9H11N3O5S/c1-5(8(10)13)12-18(16,17)7-3-2-6(4-11-7)9(14)15/h2-5,12H,1H3,(H2,10,13)(H,14,15). The fraction of sp³-hybridized carbons (Fsp3) is 0.222. The number of amides is 1. The Bertz CT molecular complexity index is 566. The van der Waals surface area contributed by atoms with Gasteiger partial charge in [-0.05, 0) is 19.1 Å². The first-order valence-corrected chi connectivity index (χ1v) is 6.23. The molecule has 0 radical (unpaired) electrons. The van der Waals surface area contributed by atoms with Crippen LogP contribution in [0.4, 0.5) is 0 Å². The average Bonchev–Trinajstić information content (AvgIpc) is 2.28. The summed E-state index contributed by atoms with van der Waals surface area (Å²) in [5.41, 5.74) is 4.78. The summed E-state index contributed by atoms with van der Waals surface area (Å²) < 4.78 is 25.4. The van der Waals surface area contributed by atoms with Crippen molar-refractivity contribution in [3.8, 4) is 0 Å². The van der Waals surface area contributed by atoms with Gasteiger partial charge >= 0.3 is 5.97 Å². The van der Waals surface area contributed by atoms with Crippen LogP contribution in [0.5, 0.6) is 0 Å². The van der Waals surface area contributed by atoms with Crippen LogP contribution in [-0.2, 0) is 14.8 Å². The van der Waals surface area contributed by atoms with Crippen molar-refractivity contribution in [1.29, 1.82) is 0 Å². The molecular weight excluding hydrogens is 262 g/mol. The lowest BCUT2D eigenvalue weighted by Gasteiger charge is -2.10. The fourth-order valence-electron chi connectivity index (χ4n) is 1.02. The Hall–Kier alpha value is -2.00. The first kappa shape index (κ1) is 14.1. The number of primary amides is 1. The molecule has 1 aromatic heterocycles. The van der Waals surface area contributed by atoms with Crippen molar-refractivity contribution >= 4 is 21.9 Å². The maximum atomic E-state index is 11.7.